The van der Waals surface area contributed by atoms with Crippen LogP contribution in [0.2, 0.25) is 0 Å². The number of anilines is 2. The number of nitrogens with two attached hydrogens (primary N) is 2. The molecule has 0 fully saturated rings. The molecule has 0 aliphatic heterocycles. The van der Waals surface area contributed by atoms with E-state index >= 15 is 0 Å². The summed E-state index contributed by atoms with van der Waals surface area (Å²) in [5.74, 6) is -2.33. The zero-order valence-electron chi connectivity index (χ0n) is 22.8. The van der Waals surface area contributed by atoms with Gasteiger partial charge in [-0.1, -0.05) is 0 Å². The lowest BCUT2D eigenvalue weighted by Gasteiger charge is -2.09. The zero-order valence-corrected chi connectivity index (χ0v) is 24.4. The first kappa shape index (κ1) is 35.4. The van der Waals surface area contributed by atoms with Crippen molar-refractivity contribution in [2.24, 2.45) is 0 Å². The molecule has 0 unspecified atom stereocenters. The number of aliphatic carboxylic acids is 1. The quantitative estimate of drug-likeness (QED) is 0.100. The molecule has 0 radical (unpaired) electrons. The van der Waals surface area contributed by atoms with E-state index in [0.29, 0.717) is 37.9 Å². The molecule has 6 N–H and O–H groups in total. The highest BCUT2D eigenvalue weighted by Gasteiger charge is 2.29. The first-order valence-electron chi connectivity index (χ1n) is 12.4. The van der Waals surface area contributed by atoms with Crippen LogP contribution in [0.15, 0.2) is 22.8 Å². The average Bonchev–Trinajstić information content (AvgIpc) is 3.24. The van der Waals surface area contributed by atoms with Crippen molar-refractivity contribution in [2.45, 2.75) is 25.8 Å². The summed E-state index contributed by atoms with van der Waals surface area (Å²) in [6.07, 6.45) is -5.19. The van der Waals surface area contributed by atoms with Crippen molar-refractivity contribution < 1.29 is 56.1 Å². The van der Waals surface area contributed by atoms with Gasteiger partial charge in [0.25, 0.3) is 11.7 Å². The van der Waals surface area contributed by atoms with Gasteiger partial charge in [0.1, 0.15) is 42.6 Å². The molecular formula is C24H30BrF4N7O7. The third-order valence-electron chi connectivity index (χ3n) is 5.52. The lowest BCUT2D eigenvalue weighted by molar-refractivity contribution is -0.681. The fourth-order valence-corrected chi connectivity index (χ4v) is 3.93. The second kappa shape index (κ2) is 16.7. The molecule has 0 bridgehead atoms. The molecule has 0 aliphatic rings. The number of methoxy groups -OCH3 is 1. The van der Waals surface area contributed by atoms with E-state index in [2.05, 4.69) is 31.2 Å². The summed E-state index contributed by atoms with van der Waals surface area (Å²) >= 11 is 3.15. The van der Waals surface area contributed by atoms with Gasteiger partial charge in [-0.25, -0.2) is 23.5 Å². The first-order chi connectivity index (χ1) is 20.3. The molecule has 2 aromatic heterocycles. The number of carboxylic acids is 1. The van der Waals surface area contributed by atoms with Gasteiger partial charge in [0, 0.05) is 6.07 Å². The Kier molecular flexibility index (Phi) is 13.8. The highest BCUT2D eigenvalue weighted by atomic mass is 79.9. The van der Waals surface area contributed by atoms with E-state index in [0.717, 1.165) is 11.0 Å². The molecule has 0 saturated heterocycles. The molecule has 19 heteroatoms. The van der Waals surface area contributed by atoms with E-state index in [9.17, 15) is 22.4 Å². The number of aliphatic hydroxyl groups is 1. The molecule has 3 aromatic rings. The molecule has 0 aliphatic carbocycles. The molecule has 1 aromatic carbocycles. The van der Waals surface area contributed by atoms with Crippen LogP contribution in [0.3, 0.4) is 0 Å². The lowest BCUT2D eigenvalue weighted by Crippen LogP contribution is -2.43. The molecule has 238 valence electrons. The Balaban J connectivity index is 0.000000821. The maximum atomic E-state index is 13.6. The second-order valence-corrected chi connectivity index (χ2v) is 9.06. The first-order valence-corrected chi connectivity index (χ1v) is 13.2. The number of aliphatic hydroxyl groups excluding tert-OH is 1. The van der Waals surface area contributed by atoms with E-state index in [4.69, 9.17) is 40.7 Å². The monoisotopic (exact) mass is 683 g/mol. The number of aromatic nitrogens is 4. The van der Waals surface area contributed by atoms with Crippen LogP contribution in [-0.4, -0.2) is 84.5 Å². The summed E-state index contributed by atoms with van der Waals surface area (Å²) in [6.45, 7) is 1.21. The highest BCUT2D eigenvalue weighted by Crippen LogP contribution is 2.22. The number of halogens is 5. The number of amides is 1. The van der Waals surface area contributed by atoms with Crippen LogP contribution in [-0.2, 0) is 33.9 Å². The van der Waals surface area contributed by atoms with E-state index < -0.39 is 24.7 Å². The Labute approximate surface area is 250 Å². The number of hydrogen-bond donors (Lipinski definition) is 4. The number of carbonyl (C=O) groups excluding carboxylic acids is 2. The number of hydrogen-bond acceptors (Lipinski definition) is 11. The van der Waals surface area contributed by atoms with E-state index in [1.165, 1.54) is 0 Å². The van der Waals surface area contributed by atoms with Gasteiger partial charge in [-0.2, -0.15) is 13.2 Å². The Morgan fingerprint density at radius 3 is 2.37 bits per heavy atom. The third-order valence-corrected chi connectivity index (χ3v) is 6.10. The topological polar surface area (TPSA) is 204 Å². The Hall–Kier alpha value is -3.81. The van der Waals surface area contributed by atoms with Crippen molar-refractivity contribution in [2.75, 3.05) is 58.3 Å². The molecule has 0 spiro atoms. The number of aryl methyl sites for hydroxylation is 1. The molecule has 0 atom stereocenters. The predicted molar refractivity (Wildman–Crippen MR) is 144 cm³/mol. The van der Waals surface area contributed by atoms with Gasteiger partial charge in [-0.3, -0.25) is 4.79 Å². The van der Waals surface area contributed by atoms with Gasteiger partial charge in [0.15, 0.2) is 28.4 Å². The van der Waals surface area contributed by atoms with E-state index in [1.54, 1.807) is 11.7 Å². The molecule has 1 amide bonds. The normalized spacial score (nSPS) is 11.2. The smallest absolute Gasteiger partial charge is 0.430 e. The predicted octanol–water partition coefficient (Wildman–Crippen LogP) is -0.122. The van der Waals surface area contributed by atoms with Crippen molar-refractivity contribution in [3.05, 3.63) is 34.3 Å². The second-order valence-electron chi connectivity index (χ2n) is 8.31. The fourth-order valence-electron chi connectivity index (χ4n) is 3.67. The van der Waals surface area contributed by atoms with Crippen LogP contribution in [0.4, 0.5) is 29.2 Å². The maximum absolute atomic E-state index is 13.6. The van der Waals surface area contributed by atoms with Crippen molar-refractivity contribution in [3.8, 4) is 5.75 Å². The summed E-state index contributed by atoms with van der Waals surface area (Å²) in [5, 5.41) is 20.4. The molecular weight excluding hydrogens is 654 g/mol. The third kappa shape index (κ3) is 10.2. The van der Waals surface area contributed by atoms with Gasteiger partial charge in [0.05, 0.1) is 40.1 Å². The van der Waals surface area contributed by atoms with Crippen molar-refractivity contribution in [1.82, 2.24) is 19.9 Å². The minimum atomic E-state index is -5.19. The number of imidazole rings is 1. The SMILES string of the molecule is COc1ccc2c(c1)n(CCF)c(CNC(=O)c1nc(Br)c(N)nc1N)[n+]2CCOCCOCCO.O=C([O-])C(F)(F)F. The number of nitrogen functional groups attached to an aromatic ring is 2. The maximum Gasteiger partial charge on any atom is 0.430 e. The van der Waals surface area contributed by atoms with Crippen molar-refractivity contribution >= 4 is 50.5 Å². The lowest BCUT2D eigenvalue weighted by atomic mass is 10.3. The van der Waals surface area contributed by atoms with Crippen LogP contribution in [0.5, 0.6) is 5.75 Å². The Bertz CT molecular complexity index is 1390. The minimum absolute atomic E-state index is 0.0486. The molecule has 0 saturated carbocycles. The summed E-state index contributed by atoms with van der Waals surface area (Å²) in [4.78, 5) is 29.6. The number of fused-ring (bicyclic) bond motifs is 1. The number of benzene rings is 1. The van der Waals surface area contributed by atoms with Gasteiger partial charge in [0.2, 0.25) is 0 Å². The highest BCUT2D eigenvalue weighted by molar-refractivity contribution is 9.10. The number of nitrogens with one attached hydrogen (secondary N) is 1. The minimum Gasteiger partial charge on any atom is -0.542 e. The summed E-state index contributed by atoms with van der Waals surface area (Å²) in [6, 6.07) is 5.50. The Morgan fingerprint density at radius 2 is 1.79 bits per heavy atom. The van der Waals surface area contributed by atoms with E-state index in [-0.39, 0.29) is 48.2 Å². The van der Waals surface area contributed by atoms with Crippen molar-refractivity contribution in [1.29, 1.82) is 0 Å². The fraction of sp³-hybridized carbons (Fsp3) is 0.458. The molecule has 2 heterocycles. The number of carboxylic acid groups (broad SMARTS) is 1. The molecule has 43 heavy (non-hydrogen) atoms. The van der Waals surface area contributed by atoms with Crippen LogP contribution in [0, 0.1) is 0 Å². The van der Waals surface area contributed by atoms with Gasteiger partial charge >= 0.3 is 6.18 Å². The van der Waals surface area contributed by atoms with Crippen molar-refractivity contribution in [3.63, 3.8) is 0 Å². The van der Waals surface area contributed by atoms with Gasteiger partial charge in [-0.05, 0) is 28.1 Å². The number of carbonyl (C=O) groups is 2. The number of alkyl halides is 4. The average molecular weight is 684 g/mol. The van der Waals surface area contributed by atoms with Gasteiger partial charge in [-0.15, -0.1) is 0 Å². The summed E-state index contributed by atoms with van der Waals surface area (Å²) in [5.41, 5.74) is 13.0. The Morgan fingerprint density at radius 1 is 1.14 bits per heavy atom. The number of ether oxygens (including phenoxy) is 3. The number of rotatable bonds is 14. The number of nitrogens with zero attached hydrogens (tertiary/aromatic N) is 4. The van der Waals surface area contributed by atoms with Crippen LogP contribution in [0.1, 0.15) is 16.3 Å². The van der Waals surface area contributed by atoms with Crippen LogP contribution in [0.25, 0.3) is 11.0 Å². The molecule has 14 nitrogen and oxygen atoms in total. The van der Waals surface area contributed by atoms with Crippen LogP contribution < -0.4 is 31.2 Å². The zero-order chi connectivity index (χ0) is 32.2. The summed E-state index contributed by atoms with van der Waals surface area (Å²) in [7, 11) is 1.56. The standard InChI is InChI=1S/C22H29BrFN7O5.C2HF3O2/c1-34-14-2-3-15-16(12-14)30(5-4-24)17(31(15)6-8-35-10-11-36-9-7-32)13-27-22(33)18-20(25)29-21(26)19(23)28-18;3-2(4,5)1(6)7/h2-3,12,32H,4-11,13H2,1H3,(H4-,25,26,27,29,33);(H,6,7). The van der Waals surface area contributed by atoms with Crippen LogP contribution >= 0.6 is 15.9 Å². The molecule has 3 rings (SSSR count). The van der Waals surface area contributed by atoms with E-state index in [1.807, 2.05) is 22.8 Å². The van der Waals surface area contributed by atoms with Gasteiger partial charge < -0.3 is 46.0 Å². The largest absolute Gasteiger partial charge is 0.542 e. The summed E-state index contributed by atoms with van der Waals surface area (Å²) < 4.78 is 65.3.